The summed E-state index contributed by atoms with van der Waals surface area (Å²) in [5, 5.41) is 4.64. The van der Waals surface area contributed by atoms with Crippen LogP contribution < -0.4 is 0 Å². The van der Waals surface area contributed by atoms with Crippen molar-refractivity contribution in [3.8, 4) is 22.6 Å². The third-order valence-electron chi connectivity index (χ3n) is 8.68. The van der Waals surface area contributed by atoms with Gasteiger partial charge in [-0.3, -0.25) is 9.13 Å². The maximum Gasteiger partial charge on any atom is 0.149 e. The molecule has 0 aliphatic carbocycles. The van der Waals surface area contributed by atoms with Crippen LogP contribution in [0.15, 0.2) is 121 Å². The summed E-state index contributed by atoms with van der Waals surface area (Å²) in [6.07, 6.45) is 1.92. The molecule has 4 nitrogen and oxygen atoms in total. The van der Waals surface area contributed by atoms with E-state index in [2.05, 4.69) is 152 Å². The van der Waals surface area contributed by atoms with Gasteiger partial charge in [0, 0.05) is 33.4 Å². The molecule has 8 rings (SSSR count). The smallest absolute Gasteiger partial charge is 0.149 e. The summed E-state index contributed by atoms with van der Waals surface area (Å²) in [6, 6.07) is 41.2. The van der Waals surface area contributed by atoms with E-state index in [0.29, 0.717) is 0 Å². The van der Waals surface area contributed by atoms with Crippen molar-refractivity contribution in [2.75, 3.05) is 0 Å². The van der Waals surface area contributed by atoms with Crippen LogP contribution in [0.25, 0.3) is 66.5 Å². The summed E-state index contributed by atoms with van der Waals surface area (Å²) in [5.74, 6) is 0.884. The predicted molar refractivity (Wildman–Crippen MR) is 180 cm³/mol. The van der Waals surface area contributed by atoms with E-state index in [-0.39, 0.29) is 5.41 Å². The highest BCUT2D eigenvalue weighted by Crippen LogP contribution is 2.38. The Morgan fingerprint density at radius 2 is 1.23 bits per heavy atom. The molecule has 0 fully saturated rings. The van der Waals surface area contributed by atoms with E-state index in [1.54, 1.807) is 0 Å². The first-order valence-corrected chi connectivity index (χ1v) is 14.9. The SMILES string of the molecule is Cc1ccccc1-c1cccc(-n2c3ccccc3c3cc4c5ccccc5n(-c5cc(C(C)(C)C)ccn5)c4nc32)c1. The number of para-hydroxylation sites is 2. The molecule has 4 aromatic carbocycles. The highest BCUT2D eigenvalue weighted by Gasteiger charge is 2.21. The zero-order valence-corrected chi connectivity index (χ0v) is 24.8. The number of aromatic nitrogens is 4. The number of pyridine rings is 2. The molecule has 0 bridgehead atoms. The Morgan fingerprint density at radius 3 is 1.95 bits per heavy atom. The summed E-state index contributed by atoms with van der Waals surface area (Å²) in [7, 11) is 0. The van der Waals surface area contributed by atoms with Crippen LogP contribution in [0.1, 0.15) is 31.9 Å². The van der Waals surface area contributed by atoms with Gasteiger partial charge in [0.2, 0.25) is 0 Å². The molecule has 8 aromatic rings. The van der Waals surface area contributed by atoms with Crippen LogP contribution in [0.5, 0.6) is 0 Å². The van der Waals surface area contributed by atoms with Crippen molar-refractivity contribution in [3.63, 3.8) is 0 Å². The average molecular weight is 557 g/mol. The first-order valence-electron chi connectivity index (χ1n) is 14.9. The summed E-state index contributed by atoms with van der Waals surface area (Å²) < 4.78 is 4.54. The lowest BCUT2D eigenvalue weighted by molar-refractivity contribution is 0.588. The first-order chi connectivity index (χ1) is 20.9. The first kappa shape index (κ1) is 25.5. The second-order valence-electron chi connectivity index (χ2n) is 12.5. The minimum atomic E-state index is 0.00565. The minimum absolute atomic E-state index is 0.00565. The number of benzene rings is 4. The van der Waals surface area contributed by atoms with Gasteiger partial charge < -0.3 is 0 Å². The number of hydrogen-bond donors (Lipinski definition) is 0. The molecule has 0 amide bonds. The Balaban J connectivity index is 1.47. The minimum Gasteiger partial charge on any atom is -0.294 e. The van der Waals surface area contributed by atoms with E-state index in [1.807, 2.05) is 6.20 Å². The third-order valence-corrected chi connectivity index (χ3v) is 8.68. The number of aryl methyl sites for hydroxylation is 1. The molecule has 4 heteroatoms. The van der Waals surface area contributed by atoms with Crippen molar-refractivity contribution in [1.29, 1.82) is 0 Å². The summed E-state index contributed by atoms with van der Waals surface area (Å²) in [4.78, 5) is 10.4. The van der Waals surface area contributed by atoms with Gasteiger partial charge in [0.1, 0.15) is 17.1 Å². The normalized spacial score (nSPS) is 12.2. The van der Waals surface area contributed by atoms with E-state index >= 15 is 0 Å². The van der Waals surface area contributed by atoms with Crippen LogP contribution in [0.3, 0.4) is 0 Å². The largest absolute Gasteiger partial charge is 0.294 e. The Bertz CT molecular complexity index is 2350. The fraction of sp³-hybridized carbons (Fsp3) is 0.128. The van der Waals surface area contributed by atoms with Crippen LogP contribution in [0, 0.1) is 6.92 Å². The molecular formula is C39H32N4. The maximum atomic E-state index is 5.50. The summed E-state index contributed by atoms with van der Waals surface area (Å²) in [5.41, 5.74) is 10.1. The molecule has 0 saturated heterocycles. The van der Waals surface area contributed by atoms with Crippen LogP contribution in [-0.2, 0) is 5.41 Å². The monoisotopic (exact) mass is 556 g/mol. The second kappa shape index (κ2) is 9.40. The molecule has 0 aliphatic heterocycles. The molecule has 0 saturated carbocycles. The van der Waals surface area contributed by atoms with Gasteiger partial charge in [0.05, 0.1) is 11.0 Å². The molecule has 4 heterocycles. The van der Waals surface area contributed by atoms with E-state index in [4.69, 9.17) is 9.97 Å². The molecule has 0 N–H and O–H groups in total. The standard InChI is InChI=1S/C39H32N4/c1-25-12-5-6-15-29(25)26-13-11-14-28(22-26)42-34-18-9-7-16-30(34)32-24-33-31-17-8-10-19-35(31)43(38(33)41-37(32)42)36-23-27(20-21-40-36)39(2,3)4/h5-24H,1-4H3. The van der Waals surface area contributed by atoms with Crippen LogP contribution in [-0.4, -0.2) is 19.1 Å². The Labute approximate surface area is 250 Å². The fourth-order valence-corrected chi connectivity index (χ4v) is 6.46. The van der Waals surface area contributed by atoms with Gasteiger partial charge in [-0.2, -0.15) is 0 Å². The third kappa shape index (κ3) is 3.98. The van der Waals surface area contributed by atoms with Gasteiger partial charge in [0.25, 0.3) is 0 Å². The maximum absolute atomic E-state index is 5.50. The van der Waals surface area contributed by atoms with Crippen LogP contribution in [0.2, 0.25) is 0 Å². The second-order valence-corrected chi connectivity index (χ2v) is 12.5. The lowest BCUT2D eigenvalue weighted by atomic mass is 9.88. The topological polar surface area (TPSA) is 35.6 Å². The summed E-state index contributed by atoms with van der Waals surface area (Å²) >= 11 is 0. The van der Waals surface area contributed by atoms with Gasteiger partial charge >= 0.3 is 0 Å². The van der Waals surface area contributed by atoms with Crippen LogP contribution >= 0.6 is 0 Å². The van der Waals surface area contributed by atoms with E-state index in [1.165, 1.54) is 33.0 Å². The molecular weight excluding hydrogens is 524 g/mol. The van der Waals surface area contributed by atoms with Crippen molar-refractivity contribution in [2.24, 2.45) is 0 Å². The molecule has 0 atom stereocenters. The van der Waals surface area contributed by atoms with Crippen molar-refractivity contribution in [1.82, 2.24) is 19.1 Å². The highest BCUT2D eigenvalue weighted by atomic mass is 15.1. The fourth-order valence-electron chi connectivity index (χ4n) is 6.46. The van der Waals surface area contributed by atoms with Gasteiger partial charge in [0.15, 0.2) is 0 Å². The van der Waals surface area contributed by atoms with Gasteiger partial charge in [-0.25, -0.2) is 9.97 Å². The average Bonchev–Trinajstić information content (AvgIpc) is 3.52. The predicted octanol–water partition coefficient (Wildman–Crippen LogP) is 9.94. The molecule has 0 spiro atoms. The molecule has 43 heavy (non-hydrogen) atoms. The van der Waals surface area contributed by atoms with Crippen LogP contribution in [0.4, 0.5) is 0 Å². The van der Waals surface area contributed by atoms with Crippen molar-refractivity contribution < 1.29 is 0 Å². The highest BCUT2D eigenvalue weighted by molar-refractivity contribution is 6.16. The molecule has 0 unspecified atom stereocenters. The number of rotatable bonds is 3. The molecule has 0 radical (unpaired) electrons. The Morgan fingerprint density at radius 1 is 0.581 bits per heavy atom. The zero-order chi connectivity index (χ0) is 29.3. The van der Waals surface area contributed by atoms with Gasteiger partial charge in [-0.05, 0) is 77.1 Å². The van der Waals surface area contributed by atoms with Gasteiger partial charge in [-0.15, -0.1) is 0 Å². The van der Waals surface area contributed by atoms with E-state index in [0.717, 1.165) is 44.6 Å². The van der Waals surface area contributed by atoms with Crippen molar-refractivity contribution in [2.45, 2.75) is 33.1 Å². The Kier molecular flexibility index (Phi) is 5.57. The van der Waals surface area contributed by atoms with Gasteiger partial charge in [-0.1, -0.05) is 93.6 Å². The molecule has 4 aromatic heterocycles. The van der Waals surface area contributed by atoms with Crippen molar-refractivity contribution in [3.05, 3.63) is 133 Å². The zero-order valence-electron chi connectivity index (χ0n) is 24.8. The lowest BCUT2D eigenvalue weighted by Gasteiger charge is -2.19. The quantitative estimate of drug-likeness (QED) is 0.217. The number of fused-ring (bicyclic) bond motifs is 6. The number of nitrogens with zero attached hydrogens (tertiary/aromatic N) is 4. The number of hydrogen-bond acceptors (Lipinski definition) is 2. The molecule has 208 valence electrons. The van der Waals surface area contributed by atoms with E-state index < -0.39 is 0 Å². The van der Waals surface area contributed by atoms with Crippen molar-refractivity contribution >= 4 is 43.9 Å². The lowest BCUT2D eigenvalue weighted by Crippen LogP contribution is -2.12. The summed E-state index contributed by atoms with van der Waals surface area (Å²) in [6.45, 7) is 8.89. The van der Waals surface area contributed by atoms with E-state index in [9.17, 15) is 0 Å². The molecule has 0 aliphatic rings. The Hall–Kier alpha value is -5.22.